The van der Waals surface area contributed by atoms with E-state index in [1.54, 1.807) is 0 Å². The van der Waals surface area contributed by atoms with E-state index < -0.39 is 13.5 Å². The molecule has 0 aliphatic rings. The van der Waals surface area contributed by atoms with Crippen LogP contribution in [0.25, 0.3) is 0 Å². The summed E-state index contributed by atoms with van der Waals surface area (Å²) in [4.78, 5) is 0. The molecule has 0 heterocycles. The van der Waals surface area contributed by atoms with Gasteiger partial charge in [-0.25, -0.2) is 0 Å². The van der Waals surface area contributed by atoms with E-state index in [0.29, 0.717) is 25.4 Å². The van der Waals surface area contributed by atoms with Crippen molar-refractivity contribution in [3.63, 3.8) is 0 Å². The zero-order chi connectivity index (χ0) is 24.3. The Morgan fingerprint density at radius 2 is 0.743 bits per heavy atom. The number of hydrogen-bond donors (Lipinski definition) is 0. The van der Waals surface area contributed by atoms with E-state index in [9.17, 15) is 0 Å². The topological polar surface area (TPSA) is 0 Å². The van der Waals surface area contributed by atoms with Gasteiger partial charge in [0.1, 0.15) is 0 Å². The summed E-state index contributed by atoms with van der Waals surface area (Å²) in [6.45, 7) is 0. The van der Waals surface area contributed by atoms with Crippen LogP contribution in [0.15, 0.2) is 121 Å². The third kappa shape index (κ3) is 8.97. The maximum absolute atomic E-state index is 7.64. The Morgan fingerprint density at radius 3 is 1.06 bits per heavy atom. The molecular weight excluding hydrogens is 638 g/mol. The van der Waals surface area contributed by atoms with Gasteiger partial charge in [-0.2, -0.15) is 0 Å². The number of halogens is 2. The average molecular weight is 668 g/mol. The van der Waals surface area contributed by atoms with Gasteiger partial charge < -0.3 is 0 Å². The van der Waals surface area contributed by atoms with E-state index in [0.717, 1.165) is 29.5 Å². The summed E-state index contributed by atoms with van der Waals surface area (Å²) in [5.74, 6) is 0. The molecule has 4 aromatic rings. The molecule has 0 radical (unpaired) electrons. The summed E-state index contributed by atoms with van der Waals surface area (Å²) in [5, 5.41) is 5.51. The second kappa shape index (κ2) is 14.7. The van der Waals surface area contributed by atoms with Crippen molar-refractivity contribution in [3.05, 3.63) is 121 Å². The summed E-state index contributed by atoms with van der Waals surface area (Å²) < 4.78 is 0.677. The summed E-state index contributed by atoms with van der Waals surface area (Å²) >= 11 is -2.80. The van der Waals surface area contributed by atoms with Gasteiger partial charge in [-0.15, -0.1) is 0 Å². The van der Waals surface area contributed by atoms with Crippen molar-refractivity contribution in [2.45, 2.75) is 8.26 Å². The van der Waals surface area contributed by atoms with Gasteiger partial charge in [0, 0.05) is 0 Å². The van der Waals surface area contributed by atoms with Crippen LogP contribution in [0.3, 0.4) is 0 Å². The van der Waals surface area contributed by atoms with Crippen molar-refractivity contribution in [3.8, 4) is 0 Å². The summed E-state index contributed by atoms with van der Waals surface area (Å²) in [5.41, 5.74) is 0. The van der Waals surface area contributed by atoms with Gasteiger partial charge in [0.15, 0.2) is 0 Å². The second-order valence-corrected chi connectivity index (χ2v) is 24.8. The molecule has 186 valence electrons. The summed E-state index contributed by atoms with van der Waals surface area (Å²) in [6.07, 6.45) is 2.12. The van der Waals surface area contributed by atoms with Crippen molar-refractivity contribution in [1.29, 1.82) is 0 Å². The molecule has 0 N–H and O–H groups in total. The second-order valence-electron chi connectivity index (χ2n) is 7.79. The summed E-state index contributed by atoms with van der Waals surface area (Å²) in [6, 6.07) is 43.2. The molecule has 0 aliphatic heterocycles. The third-order valence-corrected chi connectivity index (χ3v) is 27.2. The molecule has 0 nitrogen and oxygen atoms in total. The average Bonchev–Trinajstić information content (AvgIpc) is 2.91. The van der Waals surface area contributed by atoms with Crippen molar-refractivity contribution >= 4 is 74.6 Å². The van der Waals surface area contributed by atoms with E-state index in [1.807, 2.05) is 0 Å². The first-order valence-electron chi connectivity index (χ1n) is 11.3. The first kappa shape index (κ1) is 27.9. The minimum absolute atomic E-state index is 0.338. The molecule has 0 fully saturated rings. The van der Waals surface area contributed by atoms with Crippen molar-refractivity contribution < 1.29 is 13.5 Å². The van der Waals surface area contributed by atoms with Gasteiger partial charge in [-0.05, 0) is 0 Å². The Balaban J connectivity index is 1.59. The molecule has 4 aromatic carbocycles. The van der Waals surface area contributed by atoms with Gasteiger partial charge in [0.2, 0.25) is 0 Å². The monoisotopic (exact) mass is 666 g/mol. The van der Waals surface area contributed by atoms with E-state index in [1.165, 1.54) is 21.2 Å². The Morgan fingerprint density at radius 1 is 0.457 bits per heavy atom. The van der Waals surface area contributed by atoms with E-state index in [2.05, 4.69) is 121 Å². The van der Waals surface area contributed by atoms with Gasteiger partial charge in [-0.1, -0.05) is 0 Å². The molecule has 6 atom stereocenters. The van der Waals surface area contributed by atoms with Crippen LogP contribution in [-0.4, -0.2) is 20.6 Å². The maximum atomic E-state index is 7.64. The molecule has 35 heavy (non-hydrogen) atoms. The van der Waals surface area contributed by atoms with Crippen LogP contribution in [0.5, 0.6) is 0 Å². The van der Waals surface area contributed by atoms with Crippen molar-refractivity contribution in [1.82, 2.24) is 0 Å². The van der Waals surface area contributed by atoms with E-state index in [-0.39, 0.29) is 0 Å². The van der Waals surface area contributed by atoms with E-state index >= 15 is 0 Å². The quantitative estimate of drug-likeness (QED) is 0.112. The molecule has 4 rings (SSSR count). The molecule has 0 bridgehead atoms. The molecule has 0 saturated carbocycles. The number of hydrogen-bond acceptors (Lipinski definition) is 0. The fourth-order valence-corrected chi connectivity index (χ4v) is 24.2. The number of benzene rings is 4. The Bertz CT molecular complexity index is 1040. The van der Waals surface area contributed by atoms with Crippen LogP contribution in [0.2, 0.25) is 0 Å². The van der Waals surface area contributed by atoms with E-state index in [4.69, 9.17) is 19.1 Å². The van der Waals surface area contributed by atoms with Crippen LogP contribution in [-0.2, 0) is 13.5 Å². The molecule has 0 aliphatic carbocycles. The van der Waals surface area contributed by atoms with Crippen molar-refractivity contribution in [2.75, 3.05) is 12.3 Å². The standard InChI is InChI=1S/2C14H15P2.2ClH.Pd/c2*1-3-7-13(8-4-1)15-11-12-16-14-9-5-2-6-10-14;;;/h2*1-11,15-16H,12H2;2*1H;/q;;;;+2/p-2. The SMILES string of the molecule is [Cl][Pd]([Cl])([CH](CPc1ccccc1)Pc1ccccc1)[CH](CPc1ccccc1)Pc1ccccc1. The third-order valence-electron chi connectivity index (χ3n) is 5.26. The first-order chi connectivity index (χ1) is 17.1. The van der Waals surface area contributed by atoms with Crippen LogP contribution >= 0.6 is 53.4 Å². The van der Waals surface area contributed by atoms with Crippen LogP contribution in [0, 0.1) is 0 Å². The van der Waals surface area contributed by atoms with Gasteiger partial charge in [-0.3, -0.25) is 0 Å². The molecule has 0 amide bonds. The van der Waals surface area contributed by atoms with Gasteiger partial charge >= 0.3 is 230 Å². The number of rotatable bonds is 12. The minimum atomic E-state index is -2.80. The molecule has 6 unspecified atom stereocenters. The first-order valence-corrected chi connectivity index (χ1v) is 21.7. The van der Waals surface area contributed by atoms with Crippen LogP contribution in [0.4, 0.5) is 0 Å². The molecule has 0 spiro atoms. The van der Waals surface area contributed by atoms with Gasteiger partial charge in [0.05, 0.1) is 0 Å². The Labute approximate surface area is 228 Å². The van der Waals surface area contributed by atoms with Gasteiger partial charge in [0.25, 0.3) is 0 Å². The summed E-state index contributed by atoms with van der Waals surface area (Å²) in [7, 11) is 18.0. The van der Waals surface area contributed by atoms with Crippen molar-refractivity contribution in [2.24, 2.45) is 0 Å². The fourth-order valence-electron chi connectivity index (χ4n) is 3.47. The van der Waals surface area contributed by atoms with Crippen LogP contribution < -0.4 is 21.2 Å². The molecule has 0 aromatic heterocycles. The molecule has 7 heteroatoms. The fraction of sp³-hybridized carbons (Fsp3) is 0.143. The predicted octanol–water partition coefficient (Wildman–Crippen LogP) is 7.12. The zero-order valence-corrected chi connectivity index (χ0v) is 26.3. The zero-order valence-electron chi connectivity index (χ0n) is 19.2. The molecular formula is C28H30Cl2P4Pd. The predicted molar refractivity (Wildman–Crippen MR) is 167 cm³/mol. The van der Waals surface area contributed by atoms with Crippen LogP contribution in [0.1, 0.15) is 0 Å². The Kier molecular flexibility index (Phi) is 11.7. The molecule has 0 saturated heterocycles. The Hall–Kier alpha value is -0.158. The normalized spacial score (nSPS) is 15.1.